The molecule has 0 aromatic heterocycles. The van der Waals surface area contributed by atoms with Gasteiger partial charge in [-0.2, -0.15) is 10.1 Å². The van der Waals surface area contributed by atoms with Crippen LogP contribution in [0, 0.1) is 23.7 Å². The van der Waals surface area contributed by atoms with Crippen LogP contribution < -0.4 is 4.74 Å². The number of nitrogens with zero attached hydrogens (tertiary/aromatic N) is 2. The van der Waals surface area contributed by atoms with Gasteiger partial charge in [-0.15, -0.1) is 0 Å². The van der Waals surface area contributed by atoms with Gasteiger partial charge in [0.2, 0.25) is 0 Å². The molecule has 1 heterocycles. The van der Waals surface area contributed by atoms with E-state index in [1.807, 2.05) is 12.2 Å². The largest absolute Gasteiger partial charge is 0.504 e. The van der Waals surface area contributed by atoms with Gasteiger partial charge in [-0.05, 0) is 46.3 Å². The number of allylic oxidation sites excluding steroid dienone is 2. The molecule has 4 atom stereocenters. The Bertz CT molecular complexity index is 774. The topological polar surface area (TPSA) is 79.2 Å². The van der Waals surface area contributed by atoms with Crippen LogP contribution in [0.5, 0.6) is 11.5 Å². The smallest absolute Gasteiger partial charge is 0.254 e. The molecule has 1 saturated heterocycles. The number of hydrogen-bond acceptors (Lipinski definition) is 5. The van der Waals surface area contributed by atoms with Gasteiger partial charge in [0.1, 0.15) is 0 Å². The first-order chi connectivity index (χ1) is 11.5. The van der Waals surface area contributed by atoms with Crippen LogP contribution in [-0.4, -0.2) is 35.3 Å². The Balaban J connectivity index is 1.61. The number of methoxy groups -OCH3 is 1. The molecule has 124 valence electrons. The van der Waals surface area contributed by atoms with Crippen molar-refractivity contribution in [2.45, 2.75) is 6.42 Å². The number of hydrazone groups is 1. The molecule has 1 aliphatic heterocycles. The molecule has 2 aliphatic carbocycles. The maximum Gasteiger partial charge on any atom is 0.254 e. The third kappa shape index (κ3) is 2.11. The maximum absolute atomic E-state index is 12.6. The molecule has 6 nitrogen and oxygen atoms in total. The van der Waals surface area contributed by atoms with E-state index >= 15 is 0 Å². The molecule has 1 aromatic carbocycles. The number of hydrogen-bond donors (Lipinski definition) is 1. The van der Waals surface area contributed by atoms with Crippen molar-refractivity contribution in [2.75, 3.05) is 7.11 Å². The van der Waals surface area contributed by atoms with Gasteiger partial charge in [0.05, 0.1) is 25.2 Å². The second kappa shape index (κ2) is 5.44. The Kier molecular flexibility index (Phi) is 3.49. The van der Waals surface area contributed by atoms with Crippen molar-refractivity contribution in [1.82, 2.24) is 5.01 Å². The molecule has 4 rings (SSSR count). The fourth-order valence-corrected chi connectivity index (χ4v) is 4.38. The zero-order valence-corrected chi connectivity index (χ0v) is 14.4. The van der Waals surface area contributed by atoms with Crippen molar-refractivity contribution in [3.8, 4) is 11.5 Å². The maximum atomic E-state index is 12.6. The summed E-state index contributed by atoms with van der Waals surface area (Å²) in [5.41, 5.74) is 0.600. The highest BCUT2D eigenvalue weighted by atomic mass is 79.9. The molecule has 0 unspecified atom stereocenters. The van der Waals surface area contributed by atoms with Crippen LogP contribution in [0.15, 0.2) is 33.9 Å². The Labute approximate surface area is 146 Å². The number of amides is 2. The number of fused-ring (bicyclic) bond motifs is 5. The van der Waals surface area contributed by atoms with Crippen molar-refractivity contribution >= 4 is 34.0 Å². The van der Waals surface area contributed by atoms with E-state index in [0.29, 0.717) is 10.0 Å². The molecule has 0 radical (unpaired) electrons. The lowest BCUT2D eigenvalue weighted by Gasteiger charge is -2.13. The lowest BCUT2D eigenvalue weighted by molar-refractivity contribution is -0.140. The number of carbonyl (C=O) groups excluding carboxylic acids is 2. The molecule has 1 saturated carbocycles. The Morgan fingerprint density at radius 1 is 1.25 bits per heavy atom. The van der Waals surface area contributed by atoms with E-state index in [2.05, 4.69) is 21.0 Å². The minimum Gasteiger partial charge on any atom is -0.504 e. The molecule has 2 bridgehead atoms. The second-order valence-electron chi connectivity index (χ2n) is 6.28. The van der Waals surface area contributed by atoms with Crippen LogP contribution in [0.25, 0.3) is 0 Å². The van der Waals surface area contributed by atoms with Crippen LogP contribution >= 0.6 is 15.9 Å². The van der Waals surface area contributed by atoms with Crippen LogP contribution in [0.4, 0.5) is 0 Å². The fourth-order valence-electron chi connectivity index (χ4n) is 3.94. The summed E-state index contributed by atoms with van der Waals surface area (Å²) in [5, 5.41) is 14.8. The SMILES string of the molecule is COc1cc(C=NN2C(=O)[C@@H]3[C@H](C2=O)[C@H]2C=C[C@H]3C2)c(Br)cc1O. The van der Waals surface area contributed by atoms with Gasteiger partial charge in [0.15, 0.2) is 11.5 Å². The van der Waals surface area contributed by atoms with Crippen molar-refractivity contribution in [2.24, 2.45) is 28.8 Å². The van der Waals surface area contributed by atoms with Crippen molar-refractivity contribution in [3.05, 3.63) is 34.3 Å². The highest BCUT2D eigenvalue weighted by molar-refractivity contribution is 9.10. The molecule has 7 heteroatoms. The fraction of sp³-hybridized carbons (Fsp3) is 0.353. The van der Waals surface area contributed by atoms with E-state index < -0.39 is 0 Å². The summed E-state index contributed by atoms with van der Waals surface area (Å²) in [5.74, 6) is -0.357. The highest BCUT2D eigenvalue weighted by Crippen LogP contribution is 2.52. The summed E-state index contributed by atoms with van der Waals surface area (Å²) in [6.07, 6.45) is 6.42. The molecule has 0 spiro atoms. The number of ether oxygens (including phenoxy) is 1. The third-order valence-electron chi connectivity index (χ3n) is 5.06. The summed E-state index contributed by atoms with van der Waals surface area (Å²) in [6, 6.07) is 3.06. The standard InChI is InChI=1S/C17H15BrN2O4/c1-24-13-5-10(11(18)6-12(13)21)7-19-20-16(22)14-8-2-3-9(4-8)15(14)17(20)23/h2-3,5-9,14-15,21H,4H2,1H3/t8-,9-,14-,15+/m0/s1. The molecule has 3 aliphatic rings. The van der Waals surface area contributed by atoms with Crippen molar-refractivity contribution in [1.29, 1.82) is 0 Å². The summed E-state index contributed by atoms with van der Waals surface area (Å²) < 4.78 is 5.65. The quantitative estimate of drug-likeness (QED) is 0.487. The number of phenols is 1. The Morgan fingerprint density at radius 3 is 2.46 bits per heavy atom. The van der Waals surface area contributed by atoms with E-state index in [1.54, 1.807) is 6.07 Å². The first kappa shape index (κ1) is 15.4. The highest BCUT2D eigenvalue weighted by Gasteiger charge is 2.59. The first-order valence-electron chi connectivity index (χ1n) is 7.68. The van der Waals surface area contributed by atoms with Crippen molar-refractivity contribution in [3.63, 3.8) is 0 Å². The number of benzene rings is 1. The number of phenolic OH excluding ortho intramolecular Hbond substituents is 1. The van der Waals surface area contributed by atoms with Gasteiger partial charge < -0.3 is 9.84 Å². The monoisotopic (exact) mass is 390 g/mol. The average molecular weight is 391 g/mol. The molecular weight excluding hydrogens is 376 g/mol. The van der Waals surface area contributed by atoms with Crippen LogP contribution in [0.2, 0.25) is 0 Å². The van der Waals surface area contributed by atoms with Gasteiger partial charge in [0, 0.05) is 10.0 Å². The van der Waals surface area contributed by atoms with Crippen LogP contribution in [0.1, 0.15) is 12.0 Å². The predicted molar refractivity (Wildman–Crippen MR) is 89.5 cm³/mol. The van der Waals surface area contributed by atoms with Crippen molar-refractivity contribution < 1.29 is 19.4 Å². The van der Waals surface area contributed by atoms with Gasteiger partial charge in [-0.25, -0.2) is 0 Å². The molecule has 24 heavy (non-hydrogen) atoms. The summed E-state index contributed by atoms with van der Waals surface area (Å²) in [4.78, 5) is 25.1. The first-order valence-corrected chi connectivity index (χ1v) is 8.47. The summed E-state index contributed by atoms with van der Waals surface area (Å²) in [6.45, 7) is 0. The summed E-state index contributed by atoms with van der Waals surface area (Å²) in [7, 11) is 1.45. The minimum atomic E-state index is -0.262. The second-order valence-corrected chi connectivity index (χ2v) is 7.13. The normalized spacial score (nSPS) is 30.7. The van der Waals surface area contributed by atoms with Gasteiger partial charge in [0.25, 0.3) is 11.8 Å². The number of carbonyl (C=O) groups is 2. The molecule has 2 fully saturated rings. The lowest BCUT2D eigenvalue weighted by atomic mass is 9.85. The third-order valence-corrected chi connectivity index (χ3v) is 5.74. The molecule has 1 aromatic rings. The van der Waals surface area contributed by atoms with E-state index in [-0.39, 0.29) is 47.0 Å². The number of rotatable bonds is 3. The van der Waals surface area contributed by atoms with Gasteiger partial charge in [-0.3, -0.25) is 9.59 Å². The number of aromatic hydroxyl groups is 1. The average Bonchev–Trinajstić information content (AvgIpc) is 3.22. The Morgan fingerprint density at radius 2 is 1.88 bits per heavy atom. The zero-order valence-electron chi connectivity index (χ0n) is 12.8. The van der Waals surface area contributed by atoms with E-state index in [0.717, 1.165) is 11.4 Å². The minimum absolute atomic E-state index is 0.00738. The Hall–Kier alpha value is -2.15. The number of halogens is 1. The zero-order chi connectivity index (χ0) is 17.0. The van der Waals surface area contributed by atoms with Crippen LogP contribution in [-0.2, 0) is 9.59 Å². The van der Waals surface area contributed by atoms with Crippen LogP contribution in [0.3, 0.4) is 0 Å². The number of imide groups is 1. The van der Waals surface area contributed by atoms with E-state index in [9.17, 15) is 14.7 Å². The molecule has 2 amide bonds. The van der Waals surface area contributed by atoms with E-state index in [1.165, 1.54) is 19.4 Å². The molecule has 1 N–H and O–H groups in total. The van der Waals surface area contributed by atoms with Gasteiger partial charge >= 0.3 is 0 Å². The predicted octanol–water partition coefficient (Wildman–Crippen LogP) is 2.30. The lowest BCUT2D eigenvalue weighted by Crippen LogP contribution is -2.28. The molecular formula is C17H15BrN2O4. The summed E-state index contributed by atoms with van der Waals surface area (Å²) >= 11 is 3.32. The van der Waals surface area contributed by atoms with E-state index in [4.69, 9.17) is 4.74 Å². The van der Waals surface area contributed by atoms with Gasteiger partial charge in [-0.1, -0.05) is 12.2 Å².